The molecule has 0 amide bonds. The Labute approximate surface area is 123 Å². The van der Waals surface area contributed by atoms with Crippen molar-refractivity contribution in [3.63, 3.8) is 0 Å². The number of hydrogen-bond donors (Lipinski definition) is 1. The first-order valence-corrected chi connectivity index (χ1v) is 9.05. The summed E-state index contributed by atoms with van der Waals surface area (Å²) in [6.07, 6.45) is 1.32. The standard InChI is InChI=1S/C16H27NO2S/c1-5-20(18,19)12-8-11-15(17)13-9-6-7-10-14(13)16(2,3)4/h6-7,9-10,15H,5,8,11-12,17H2,1-4H3. The zero-order valence-corrected chi connectivity index (χ0v) is 13.8. The highest BCUT2D eigenvalue weighted by Gasteiger charge is 2.20. The second kappa shape index (κ2) is 6.72. The molecule has 0 saturated carbocycles. The number of sulfone groups is 1. The topological polar surface area (TPSA) is 60.2 Å². The quantitative estimate of drug-likeness (QED) is 0.877. The molecule has 2 N–H and O–H groups in total. The second-order valence-electron chi connectivity index (χ2n) is 6.32. The molecule has 1 atom stereocenters. The normalized spacial score (nSPS) is 14.2. The molecule has 0 saturated heterocycles. The van der Waals surface area contributed by atoms with E-state index in [4.69, 9.17) is 5.73 Å². The highest BCUT2D eigenvalue weighted by molar-refractivity contribution is 7.91. The fraction of sp³-hybridized carbons (Fsp3) is 0.625. The van der Waals surface area contributed by atoms with E-state index in [1.54, 1.807) is 6.92 Å². The minimum atomic E-state index is -2.89. The largest absolute Gasteiger partial charge is 0.324 e. The summed E-state index contributed by atoms with van der Waals surface area (Å²) in [4.78, 5) is 0. The van der Waals surface area contributed by atoms with E-state index < -0.39 is 9.84 Å². The average molecular weight is 297 g/mol. The Hall–Kier alpha value is -0.870. The molecule has 0 radical (unpaired) electrons. The van der Waals surface area contributed by atoms with Gasteiger partial charge < -0.3 is 5.73 Å². The first-order valence-electron chi connectivity index (χ1n) is 7.23. The molecule has 0 bridgehead atoms. The van der Waals surface area contributed by atoms with Crippen LogP contribution in [0.3, 0.4) is 0 Å². The maximum Gasteiger partial charge on any atom is 0.150 e. The van der Waals surface area contributed by atoms with E-state index in [2.05, 4.69) is 32.9 Å². The average Bonchev–Trinajstić information content (AvgIpc) is 2.37. The number of benzene rings is 1. The van der Waals surface area contributed by atoms with Crippen molar-refractivity contribution in [1.82, 2.24) is 0 Å². The van der Waals surface area contributed by atoms with Crippen molar-refractivity contribution in [1.29, 1.82) is 0 Å². The van der Waals surface area contributed by atoms with Crippen LogP contribution >= 0.6 is 0 Å². The fourth-order valence-corrected chi connectivity index (χ4v) is 3.22. The Bertz CT molecular complexity index is 530. The van der Waals surface area contributed by atoms with Crippen LogP contribution in [0, 0.1) is 0 Å². The van der Waals surface area contributed by atoms with Crippen LogP contribution in [0.5, 0.6) is 0 Å². The third-order valence-corrected chi connectivity index (χ3v) is 5.37. The Morgan fingerprint density at radius 2 is 1.80 bits per heavy atom. The molecule has 0 aliphatic heterocycles. The van der Waals surface area contributed by atoms with Gasteiger partial charge in [-0.25, -0.2) is 8.42 Å². The maximum absolute atomic E-state index is 11.5. The Balaban J connectivity index is 2.76. The molecular formula is C16H27NO2S. The lowest BCUT2D eigenvalue weighted by Crippen LogP contribution is -2.20. The second-order valence-corrected chi connectivity index (χ2v) is 8.80. The number of hydrogen-bond acceptors (Lipinski definition) is 3. The summed E-state index contributed by atoms with van der Waals surface area (Å²) >= 11 is 0. The summed E-state index contributed by atoms with van der Waals surface area (Å²) in [5.74, 6) is 0.440. The van der Waals surface area contributed by atoms with Gasteiger partial charge in [-0.05, 0) is 29.4 Å². The van der Waals surface area contributed by atoms with E-state index in [-0.39, 0.29) is 23.0 Å². The van der Waals surface area contributed by atoms with Crippen molar-refractivity contribution in [2.75, 3.05) is 11.5 Å². The van der Waals surface area contributed by atoms with Crippen molar-refractivity contribution in [2.45, 2.75) is 52.0 Å². The summed E-state index contributed by atoms with van der Waals surface area (Å²) < 4.78 is 23.0. The van der Waals surface area contributed by atoms with Gasteiger partial charge in [-0.2, -0.15) is 0 Å². The Morgan fingerprint density at radius 3 is 2.35 bits per heavy atom. The van der Waals surface area contributed by atoms with Gasteiger partial charge in [0.05, 0.1) is 5.75 Å². The summed E-state index contributed by atoms with van der Waals surface area (Å²) in [6.45, 7) is 8.18. The summed E-state index contributed by atoms with van der Waals surface area (Å²) in [6, 6.07) is 8.08. The minimum absolute atomic E-state index is 0.0453. The first-order chi connectivity index (χ1) is 9.17. The summed E-state index contributed by atoms with van der Waals surface area (Å²) in [5, 5.41) is 0. The van der Waals surface area contributed by atoms with E-state index >= 15 is 0 Å². The van der Waals surface area contributed by atoms with Gasteiger partial charge in [0.15, 0.2) is 0 Å². The van der Waals surface area contributed by atoms with E-state index in [0.29, 0.717) is 12.8 Å². The molecule has 4 heteroatoms. The molecular weight excluding hydrogens is 270 g/mol. The Kier molecular flexibility index (Phi) is 5.78. The molecule has 0 spiro atoms. The molecule has 3 nitrogen and oxygen atoms in total. The third kappa shape index (κ3) is 4.91. The zero-order chi connectivity index (χ0) is 15.4. The van der Waals surface area contributed by atoms with Crippen molar-refractivity contribution in [3.8, 4) is 0 Å². The van der Waals surface area contributed by atoms with Crippen LogP contribution in [0.4, 0.5) is 0 Å². The molecule has 114 valence electrons. The highest BCUT2D eigenvalue weighted by Crippen LogP contribution is 2.30. The summed E-state index contributed by atoms with van der Waals surface area (Å²) in [5.41, 5.74) is 8.69. The molecule has 1 aromatic rings. The zero-order valence-electron chi connectivity index (χ0n) is 13.0. The SMILES string of the molecule is CCS(=O)(=O)CCCC(N)c1ccccc1C(C)(C)C. The van der Waals surface area contributed by atoms with Crippen molar-refractivity contribution < 1.29 is 8.42 Å². The molecule has 20 heavy (non-hydrogen) atoms. The van der Waals surface area contributed by atoms with Crippen molar-refractivity contribution in [2.24, 2.45) is 5.73 Å². The van der Waals surface area contributed by atoms with Crippen molar-refractivity contribution in [3.05, 3.63) is 35.4 Å². The van der Waals surface area contributed by atoms with Crippen LogP contribution in [0.1, 0.15) is 57.7 Å². The van der Waals surface area contributed by atoms with Gasteiger partial charge in [0.2, 0.25) is 0 Å². The van der Waals surface area contributed by atoms with E-state index in [9.17, 15) is 8.42 Å². The predicted molar refractivity (Wildman–Crippen MR) is 85.6 cm³/mol. The van der Waals surface area contributed by atoms with Gasteiger partial charge in [-0.15, -0.1) is 0 Å². The van der Waals surface area contributed by atoms with Crippen molar-refractivity contribution >= 4 is 9.84 Å². The summed E-state index contributed by atoms with van der Waals surface area (Å²) in [7, 11) is -2.89. The minimum Gasteiger partial charge on any atom is -0.324 e. The molecule has 0 aromatic heterocycles. The first kappa shape index (κ1) is 17.2. The van der Waals surface area contributed by atoms with Crippen LogP contribution in [-0.2, 0) is 15.3 Å². The van der Waals surface area contributed by atoms with Gasteiger partial charge in [0, 0.05) is 11.8 Å². The third-order valence-electron chi connectivity index (χ3n) is 3.58. The van der Waals surface area contributed by atoms with Gasteiger partial charge in [-0.1, -0.05) is 52.0 Å². The van der Waals surface area contributed by atoms with Crippen LogP contribution in [0.25, 0.3) is 0 Å². The van der Waals surface area contributed by atoms with E-state index in [1.807, 2.05) is 12.1 Å². The van der Waals surface area contributed by atoms with E-state index in [1.165, 1.54) is 5.56 Å². The van der Waals surface area contributed by atoms with Crippen LogP contribution in [0.15, 0.2) is 24.3 Å². The lowest BCUT2D eigenvalue weighted by Gasteiger charge is -2.25. The molecule has 1 aromatic carbocycles. The number of rotatable bonds is 6. The van der Waals surface area contributed by atoms with Crippen LogP contribution < -0.4 is 5.73 Å². The smallest absolute Gasteiger partial charge is 0.150 e. The maximum atomic E-state index is 11.5. The number of nitrogens with two attached hydrogens (primary N) is 1. The molecule has 0 aliphatic carbocycles. The van der Waals surface area contributed by atoms with Gasteiger partial charge in [-0.3, -0.25) is 0 Å². The molecule has 0 fully saturated rings. The monoisotopic (exact) mass is 297 g/mol. The molecule has 1 unspecified atom stereocenters. The lowest BCUT2D eigenvalue weighted by atomic mass is 9.81. The molecule has 1 rings (SSSR count). The highest BCUT2D eigenvalue weighted by atomic mass is 32.2. The molecule has 0 heterocycles. The predicted octanol–water partition coefficient (Wildman–Crippen LogP) is 3.20. The van der Waals surface area contributed by atoms with Crippen LogP contribution in [0.2, 0.25) is 0 Å². The van der Waals surface area contributed by atoms with Gasteiger partial charge in [0.25, 0.3) is 0 Å². The fourth-order valence-electron chi connectivity index (χ4n) is 2.33. The van der Waals surface area contributed by atoms with E-state index in [0.717, 1.165) is 5.56 Å². The Morgan fingerprint density at radius 1 is 1.20 bits per heavy atom. The lowest BCUT2D eigenvalue weighted by molar-refractivity contribution is 0.553. The van der Waals surface area contributed by atoms with Crippen LogP contribution in [-0.4, -0.2) is 19.9 Å². The van der Waals surface area contributed by atoms with Gasteiger partial charge in [0.1, 0.15) is 9.84 Å². The van der Waals surface area contributed by atoms with Gasteiger partial charge >= 0.3 is 0 Å². The molecule has 0 aliphatic rings.